The van der Waals surface area contributed by atoms with Crippen LogP contribution in [0.2, 0.25) is 0 Å². The maximum absolute atomic E-state index is 16.8. The Labute approximate surface area is 285 Å². The number of aryl methyl sites for hydroxylation is 1. The van der Waals surface area contributed by atoms with Gasteiger partial charge < -0.3 is 25.4 Å². The molecule has 5 aliphatic rings. The van der Waals surface area contributed by atoms with Crippen molar-refractivity contribution < 1.29 is 35.8 Å². The lowest BCUT2D eigenvalue weighted by molar-refractivity contribution is -0.137. The van der Waals surface area contributed by atoms with Crippen molar-refractivity contribution in [3.63, 3.8) is 0 Å². The van der Waals surface area contributed by atoms with Crippen molar-refractivity contribution >= 4 is 22.4 Å². The van der Waals surface area contributed by atoms with Gasteiger partial charge in [0.1, 0.15) is 23.6 Å². The van der Waals surface area contributed by atoms with Gasteiger partial charge in [0, 0.05) is 50.6 Å². The first-order valence-corrected chi connectivity index (χ1v) is 17.2. The standard InChI is InChI=1S/C35H39F6N7O2/c1-19-11-24(42)27(37)25(26(19)35(39,40)41)30-28(38)29-23(14-43-30)31(47-16-22-3-7-34(17-47,46-22)21-4-9-49-10-5-21)45-32(44-29)50-18-33-6-2-8-48(33)15-20(12-33)13-36/h11,13-14,21-22,46H,2-10,12,15-18,42H2,1H3/b20-13+/t22-,33-,34+/m0/s1. The van der Waals surface area contributed by atoms with E-state index in [4.69, 9.17) is 20.2 Å². The van der Waals surface area contributed by atoms with Crippen LogP contribution >= 0.6 is 0 Å². The molecule has 8 rings (SSSR count). The molecule has 0 aliphatic carbocycles. The number of alkyl halides is 3. The van der Waals surface area contributed by atoms with Gasteiger partial charge in [-0.2, -0.15) is 23.1 Å². The molecule has 268 valence electrons. The number of ether oxygens (including phenoxy) is 2. The smallest absolute Gasteiger partial charge is 0.417 e. The van der Waals surface area contributed by atoms with Crippen molar-refractivity contribution in [2.45, 2.75) is 75.2 Å². The van der Waals surface area contributed by atoms with E-state index in [0.717, 1.165) is 58.1 Å². The summed E-state index contributed by atoms with van der Waals surface area (Å²) in [6.07, 6.45) is 2.62. The number of nitrogens with one attached hydrogen (secondary N) is 1. The molecule has 15 heteroatoms. The molecular weight excluding hydrogens is 664 g/mol. The summed E-state index contributed by atoms with van der Waals surface area (Å²) < 4.78 is 101. The van der Waals surface area contributed by atoms with Gasteiger partial charge in [0.25, 0.3) is 0 Å². The highest BCUT2D eigenvalue weighted by Gasteiger charge is 2.51. The van der Waals surface area contributed by atoms with E-state index in [1.54, 1.807) is 0 Å². The summed E-state index contributed by atoms with van der Waals surface area (Å²) in [7, 11) is 0. The highest BCUT2D eigenvalue weighted by atomic mass is 19.4. The first-order valence-electron chi connectivity index (χ1n) is 17.2. The SMILES string of the molecule is Cc1cc(N)c(F)c(-c2ncc3c(N4C[C@@H]5CC[C@](C6CCOCC6)(C4)N5)nc(OC[C@@]45CCCN4C/C(=C/F)C5)nc3c2F)c1C(F)(F)F. The molecule has 3 N–H and O–H groups in total. The van der Waals surface area contributed by atoms with Crippen molar-refractivity contribution in [2.75, 3.05) is 56.6 Å². The van der Waals surface area contributed by atoms with E-state index in [9.17, 15) is 17.6 Å². The summed E-state index contributed by atoms with van der Waals surface area (Å²) in [5.74, 6) is -1.98. The Bertz CT molecular complexity index is 1870. The van der Waals surface area contributed by atoms with E-state index in [1.165, 1.54) is 6.20 Å². The number of anilines is 2. The summed E-state index contributed by atoms with van der Waals surface area (Å²) in [5.41, 5.74) is 1.12. The number of nitrogens with zero attached hydrogens (tertiary/aromatic N) is 5. The average molecular weight is 704 g/mol. The number of nitrogen functional groups attached to an aromatic ring is 1. The fourth-order valence-corrected chi connectivity index (χ4v) is 9.34. The number of piperazine rings is 1. The third-order valence-corrected chi connectivity index (χ3v) is 11.6. The van der Waals surface area contributed by atoms with Gasteiger partial charge in [-0.1, -0.05) is 0 Å². The van der Waals surface area contributed by atoms with Gasteiger partial charge in [0.2, 0.25) is 0 Å². The normalized spacial score (nSPS) is 28.3. The topological polar surface area (TPSA) is 102 Å². The third kappa shape index (κ3) is 5.47. The Morgan fingerprint density at radius 3 is 2.70 bits per heavy atom. The monoisotopic (exact) mass is 703 g/mol. The number of benzene rings is 1. The van der Waals surface area contributed by atoms with Crippen molar-refractivity contribution in [3.05, 3.63) is 46.9 Å². The molecule has 7 heterocycles. The second-order valence-corrected chi connectivity index (χ2v) is 14.6. The van der Waals surface area contributed by atoms with Crippen molar-refractivity contribution in [1.29, 1.82) is 0 Å². The summed E-state index contributed by atoms with van der Waals surface area (Å²) in [6, 6.07) is 0.832. The van der Waals surface area contributed by atoms with E-state index >= 15 is 8.78 Å². The van der Waals surface area contributed by atoms with Crippen LogP contribution in [0, 0.1) is 24.5 Å². The number of rotatable bonds is 6. The summed E-state index contributed by atoms with van der Waals surface area (Å²) in [4.78, 5) is 17.6. The van der Waals surface area contributed by atoms with E-state index in [0.29, 0.717) is 62.9 Å². The van der Waals surface area contributed by atoms with Crippen LogP contribution in [0.15, 0.2) is 24.2 Å². The lowest BCUT2D eigenvalue weighted by Crippen LogP contribution is -2.63. The predicted octanol–water partition coefficient (Wildman–Crippen LogP) is 6.09. The second kappa shape index (κ2) is 12.2. The number of fused-ring (bicyclic) bond motifs is 4. The van der Waals surface area contributed by atoms with Gasteiger partial charge in [-0.05, 0) is 81.5 Å². The van der Waals surface area contributed by atoms with Gasteiger partial charge in [-0.15, -0.1) is 0 Å². The molecule has 3 aromatic rings. The lowest BCUT2D eigenvalue weighted by Gasteiger charge is -2.47. The first-order chi connectivity index (χ1) is 23.9. The molecule has 0 radical (unpaired) electrons. The average Bonchev–Trinajstić information content (AvgIpc) is 3.75. The quantitative estimate of drug-likeness (QED) is 0.234. The largest absolute Gasteiger partial charge is 0.461 e. The molecule has 2 bridgehead atoms. The Morgan fingerprint density at radius 1 is 1.14 bits per heavy atom. The van der Waals surface area contributed by atoms with Gasteiger partial charge >= 0.3 is 12.2 Å². The van der Waals surface area contributed by atoms with Gasteiger partial charge in [-0.25, -0.2) is 13.2 Å². The maximum Gasteiger partial charge on any atom is 0.417 e. The Morgan fingerprint density at radius 2 is 1.94 bits per heavy atom. The Hall–Kier alpha value is -3.69. The highest BCUT2D eigenvalue weighted by Crippen LogP contribution is 2.46. The van der Waals surface area contributed by atoms with Gasteiger partial charge in [-0.3, -0.25) is 9.88 Å². The zero-order chi connectivity index (χ0) is 35.0. The molecule has 50 heavy (non-hydrogen) atoms. The van der Waals surface area contributed by atoms with Crippen LogP contribution in [-0.2, 0) is 10.9 Å². The fourth-order valence-electron chi connectivity index (χ4n) is 9.34. The minimum atomic E-state index is -5.03. The molecule has 3 atom stereocenters. The third-order valence-electron chi connectivity index (χ3n) is 11.6. The van der Waals surface area contributed by atoms with Crippen LogP contribution in [-0.4, -0.2) is 83.0 Å². The lowest BCUT2D eigenvalue weighted by atomic mass is 9.77. The molecule has 0 spiro atoms. The molecule has 0 unspecified atom stereocenters. The number of nitrogens with two attached hydrogens (primary N) is 1. The van der Waals surface area contributed by atoms with Crippen LogP contribution in [0.25, 0.3) is 22.2 Å². The van der Waals surface area contributed by atoms with E-state index in [-0.39, 0.29) is 40.7 Å². The molecule has 0 saturated carbocycles. The number of aromatic nitrogens is 3. The molecule has 0 amide bonds. The molecule has 9 nitrogen and oxygen atoms in total. The Kier molecular flexibility index (Phi) is 8.18. The van der Waals surface area contributed by atoms with Crippen LogP contribution < -0.4 is 20.7 Å². The van der Waals surface area contributed by atoms with Gasteiger partial charge in [0.15, 0.2) is 11.6 Å². The highest BCUT2D eigenvalue weighted by molar-refractivity contribution is 5.92. The number of pyridine rings is 1. The van der Waals surface area contributed by atoms with E-state index in [1.807, 2.05) is 0 Å². The molecule has 5 saturated heterocycles. The van der Waals surface area contributed by atoms with Crippen molar-refractivity contribution in [2.24, 2.45) is 5.92 Å². The number of hydrogen-bond acceptors (Lipinski definition) is 9. The fraction of sp³-hybridized carbons (Fsp3) is 0.571. The summed E-state index contributed by atoms with van der Waals surface area (Å²) in [5, 5.41) is 4.02. The summed E-state index contributed by atoms with van der Waals surface area (Å²) >= 11 is 0. The van der Waals surface area contributed by atoms with Crippen LogP contribution in [0.1, 0.15) is 56.1 Å². The predicted molar refractivity (Wildman–Crippen MR) is 174 cm³/mol. The van der Waals surface area contributed by atoms with E-state index in [2.05, 4.69) is 25.1 Å². The summed E-state index contributed by atoms with van der Waals surface area (Å²) in [6.45, 7) is 4.93. The van der Waals surface area contributed by atoms with E-state index < -0.39 is 45.9 Å². The molecule has 1 aromatic carbocycles. The second-order valence-electron chi connectivity index (χ2n) is 14.6. The maximum atomic E-state index is 16.8. The molecule has 5 fully saturated rings. The Balaban J connectivity index is 1.25. The van der Waals surface area contributed by atoms with Crippen LogP contribution in [0.5, 0.6) is 6.01 Å². The first kappa shape index (κ1) is 33.5. The molecule has 2 aromatic heterocycles. The zero-order valence-electron chi connectivity index (χ0n) is 27.7. The van der Waals surface area contributed by atoms with Crippen LogP contribution in [0.4, 0.5) is 37.8 Å². The van der Waals surface area contributed by atoms with Gasteiger partial charge in [0.05, 0.1) is 34.1 Å². The minimum absolute atomic E-state index is 0.103. The van der Waals surface area contributed by atoms with Crippen molar-refractivity contribution in [1.82, 2.24) is 25.2 Å². The van der Waals surface area contributed by atoms with Crippen molar-refractivity contribution in [3.8, 4) is 17.3 Å². The number of halogens is 6. The number of hydrogen-bond donors (Lipinski definition) is 2. The van der Waals surface area contributed by atoms with Crippen LogP contribution in [0.3, 0.4) is 0 Å². The molecule has 5 aliphatic heterocycles. The minimum Gasteiger partial charge on any atom is -0.461 e. The zero-order valence-corrected chi connectivity index (χ0v) is 27.7. The molecular formula is C35H39F6N7O2.